The molecule has 0 aliphatic heterocycles. The number of benzene rings is 2. The molecule has 1 heterocycles. The third kappa shape index (κ3) is 2.77. The fourth-order valence-corrected chi connectivity index (χ4v) is 2.31. The van der Waals surface area contributed by atoms with E-state index in [2.05, 4.69) is 4.98 Å². The monoisotopic (exact) mass is 277 g/mol. The molecule has 0 fully saturated rings. The van der Waals surface area contributed by atoms with Gasteiger partial charge in [0.1, 0.15) is 6.61 Å². The maximum atomic E-state index is 12.1. The number of pyridine rings is 1. The fourth-order valence-electron chi connectivity index (χ4n) is 2.31. The van der Waals surface area contributed by atoms with E-state index in [1.165, 1.54) is 0 Å². The Balaban J connectivity index is 1.81. The van der Waals surface area contributed by atoms with Crippen LogP contribution in [-0.2, 0) is 11.3 Å². The maximum absolute atomic E-state index is 12.1. The quantitative estimate of drug-likeness (QED) is 0.681. The van der Waals surface area contributed by atoms with E-state index in [9.17, 15) is 4.79 Å². The third-order valence-electron chi connectivity index (χ3n) is 3.44. The first-order valence-corrected chi connectivity index (χ1v) is 6.81. The lowest BCUT2D eigenvalue weighted by atomic mass is 10.1. The molecule has 0 aliphatic rings. The van der Waals surface area contributed by atoms with E-state index >= 15 is 0 Å². The van der Waals surface area contributed by atoms with E-state index in [-0.39, 0.29) is 12.6 Å². The zero-order chi connectivity index (χ0) is 14.7. The van der Waals surface area contributed by atoms with E-state index in [0.29, 0.717) is 5.56 Å². The average molecular weight is 277 g/mol. The number of rotatable bonds is 3. The summed E-state index contributed by atoms with van der Waals surface area (Å²) in [4.78, 5) is 16.5. The van der Waals surface area contributed by atoms with Crippen LogP contribution < -0.4 is 0 Å². The van der Waals surface area contributed by atoms with Gasteiger partial charge in [0.15, 0.2) is 0 Å². The van der Waals surface area contributed by atoms with Gasteiger partial charge in [-0.05, 0) is 24.6 Å². The molecule has 0 atom stereocenters. The molecule has 21 heavy (non-hydrogen) atoms. The van der Waals surface area contributed by atoms with Crippen LogP contribution in [0.15, 0.2) is 60.8 Å². The van der Waals surface area contributed by atoms with Crippen molar-refractivity contribution in [1.29, 1.82) is 0 Å². The Morgan fingerprint density at radius 1 is 1.05 bits per heavy atom. The third-order valence-corrected chi connectivity index (χ3v) is 3.44. The molecule has 0 saturated heterocycles. The van der Waals surface area contributed by atoms with Crippen molar-refractivity contribution in [1.82, 2.24) is 4.98 Å². The average Bonchev–Trinajstić information content (AvgIpc) is 2.53. The van der Waals surface area contributed by atoms with E-state index in [1.54, 1.807) is 12.3 Å². The lowest BCUT2D eigenvalue weighted by Crippen LogP contribution is -2.07. The standard InChI is InChI=1S/C18H15NO2/c1-13-6-2-3-10-16(13)18(20)21-12-15-8-4-7-14-9-5-11-19-17(14)15/h2-11H,12H2,1H3. The van der Waals surface area contributed by atoms with Crippen LogP contribution in [0.2, 0.25) is 0 Å². The summed E-state index contributed by atoms with van der Waals surface area (Å²) in [5, 5.41) is 1.04. The van der Waals surface area contributed by atoms with Crippen LogP contribution in [0.25, 0.3) is 10.9 Å². The molecule has 0 spiro atoms. The molecule has 0 aliphatic carbocycles. The van der Waals surface area contributed by atoms with Crippen LogP contribution in [-0.4, -0.2) is 11.0 Å². The van der Waals surface area contributed by atoms with Crippen molar-refractivity contribution < 1.29 is 9.53 Å². The van der Waals surface area contributed by atoms with Gasteiger partial charge >= 0.3 is 5.97 Å². The Morgan fingerprint density at radius 2 is 1.86 bits per heavy atom. The van der Waals surface area contributed by atoms with E-state index in [1.807, 2.05) is 55.5 Å². The minimum Gasteiger partial charge on any atom is -0.457 e. The van der Waals surface area contributed by atoms with Gasteiger partial charge < -0.3 is 4.74 Å². The molecule has 104 valence electrons. The summed E-state index contributed by atoms with van der Waals surface area (Å²) in [6.45, 7) is 2.12. The van der Waals surface area contributed by atoms with Gasteiger partial charge in [-0.1, -0.05) is 42.5 Å². The molecule has 3 nitrogen and oxygen atoms in total. The molecule has 3 aromatic rings. The van der Waals surface area contributed by atoms with Crippen molar-refractivity contribution in [3.8, 4) is 0 Å². The van der Waals surface area contributed by atoms with Gasteiger partial charge in [0, 0.05) is 17.1 Å². The molecule has 1 aromatic heterocycles. The van der Waals surface area contributed by atoms with E-state index < -0.39 is 0 Å². The Kier molecular flexibility index (Phi) is 3.65. The van der Waals surface area contributed by atoms with Crippen molar-refractivity contribution in [3.63, 3.8) is 0 Å². The largest absolute Gasteiger partial charge is 0.457 e. The Hall–Kier alpha value is -2.68. The number of aryl methyl sites for hydroxylation is 1. The van der Waals surface area contributed by atoms with Crippen LogP contribution >= 0.6 is 0 Å². The van der Waals surface area contributed by atoms with Crippen molar-refractivity contribution in [2.45, 2.75) is 13.5 Å². The van der Waals surface area contributed by atoms with Gasteiger partial charge in [-0.15, -0.1) is 0 Å². The highest BCUT2D eigenvalue weighted by Gasteiger charge is 2.11. The SMILES string of the molecule is Cc1ccccc1C(=O)OCc1cccc2cccnc12. The van der Waals surface area contributed by atoms with Gasteiger partial charge in [0.2, 0.25) is 0 Å². The first kappa shape index (κ1) is 13.3. The predicted molar refractivity (Wildman–Crippen MR) is 82.0 cm³/mol. The Morgan fingerprint density at radius 3 is 2.71 bits per heavy atom. The highest BCUT2D eigenvalue weighted by molar-refractivity contribution is 5.91. The summed E-state index contributed by atoms with van der Waals surface area (Å²) >= 11 is 0. The first-order chi connectivity index (χ1) is 10.3. The number of carbonyl (C=O) groups excluding carboxylic acids is 1. The molecular weight excluding hydrogens is 262 g/mol. The van der Waals surface area contributed by atoms with Crippen molar-refractivity contribution in [2.75, 3.05) is 0 Å². The number of para-hydroxylation sites is 1. The van der Waals surface area contributed by atoms with Crippen LogP contribution in [0.1, 0.15) is 21.5 Å². The normalized spacial score (nSPS) is 10.5. The maximum Gasteiger partial charge on any atom is 0.338 e. The second-order valence-corrected chi connectivity index (χ2v) is 4.88. The summed E-state index contributed by atoms with van der Waals surface area (Å²) < 4.78 is 5.42. The summed E-state index contributed by atoms with van der Waals surface area (Å²) in [7, 11) is 0. The van der Waals surface area contributed by atoms with Crippen LogP contribution in [0, 0.1) is 6.92 Å². The summed E-state index contributed by atoms with van der Waals surface area (Å²) in [5.41, 5.74) is 3.30. The number of hydrogen-bond donors (Lipinski definition) is 0. The van der Waals surface area contributed by atoms with Crippen molar-refractivity contribution in [2.24, 2.45) is 0 Å². The van der Waals surface area contributed by atoms with Gasteiger partial charge in [0.25, 0.3) is 0 Å². The first-order valence-electron chi connectivity index (χ1n) is 6.81. The number of fused-ring (bicyclic) bond motifs is 1. The number of ether oxygens (including phenoxy) is 1. The predicted octanol–water partition coefficient (Wildman–Crippen LogP) is 3.90. The molecule has 0 saturated carbocycles. The highest BCUT2D eigenvalue weighted by Crippen LogP contribution is 2.17. The highest BCUT2D eigenvalue weighted by atomic mass is 16.5. The van der Waals surface area contributed by atoms with Gasteiger partial charge in [0.05, 0.1) is 11.1 Å². The molecule has 2 aromatic carbocycles. The topological polar surface area (TPSA) is 39.2 Å². The smallest absolute Gasteiger partial charge is 0.338 e. The molecule has 0 amide bonds. The number of nitrogens with zero attached hydrogens (tertiary/aromatic N) is 1. The van der Waals surface area contributed by atoms with Crippen molar-refractivity contribution >= 4 is 16.9 Å². The van der Waals surface area contributed by atoms with Gasteiger partial charge in [-0.25, -0.2) is 4.79 Å². The van der Waals surface area contributed by atoms with E-state index in [0.717, 1.165) is 22.0 Å². The van der Waals surface area contributed by atoms with Crippen LogP contribution in [0.4, 0.5) is 0 Å². The van der Waals surface area contributed by atoms with Gasteiger partial charge in [-0.3, -0.25) is 4.98 Å². The fraction of sp³-hybridized carbons (Fsp3) is 0.111. The zero-order valence-corrected chi connectivity index (χ0v) is 11.7. The molecular formula is C18H15NO2. The molecule has 3 heteroatoms. The lowest BCUT2D eigenvalue weighted by Gasteiger charge is -2.08. The number of hydrogen-bond acceptors (Lipinski definition) is 3. The van der Waals surface area contributed by atoms with Crippen LogP contribution in [0.3, 0.4) is 0 Å². The number of carbonyl (C=O) groups is 1. The summed E-state index contributed by atoms with van der Waals surface area (Å²) in [6, 6.07) is 17.2. The number of esters is 1. The summed E-state index contributed by atoms with van der Waals surface area (Å²) in [6.07, 6.45) is 1.75. The molecule has 0 unspecified atom stereocenters. The molecule has 0 bridgehead atoms. The Labute approximate surface area is 123 Å². The van der Waals surface area contributed by atoms with Crippen molar-refractivity contribution in [3.05, 3.63) is 77.5 Å². The minimum atomic E-state index is -0.305. The zero-order valence-electron chi connectivity index (χ0n) is 11.7. The van der Waals surface area contributed by atoms with Gasteiger partial charge in [-0.2, -0.15) is 0 Å². The summed E-state index contributed by atoms with van der Waals surface area (Å²) in [5.74, 6) is -0.305. The second-order valence-electron chi connectivity index (χ2n) is 4.88. The Bertz CT molecular complexity index is 791. The van der Waals surface area contributed by atoms with Crippen LogP contribution in [0.5, 0.6) is 0 Å². The lowest BCUT2D eigenvalue weighted by molar-refractivity contribution is 0.0473. The molecule has 3 rings (SSSR count). The number of aromatic nitrogens is 1. The van der Waals surface area contributed by atoms with E-state index in [4.69, 9.17) is 4.74 Å². The molecule has 0 N–H and O–H groups in total. The second kappa shape index (κ2) is 5.75. The molecule has 0 radical (unpaired) electrons. The minimum absolute atomic E-state index is 0.224.